The Morgan fingerprint density at radius 3 is 2.17 bits per heavy atom. The van der Waals surface area contributed by atoms with Crippen molar-refractivity contribution < 1.29 is 18.8 Å². The Morgan fingerprint density at radius 1 is 0.967 bits per heavy atom. The maximum absolute atomic E-state index is 13.1. The molecule has 0 atom stereocenters. The summed E-state index contributed by atoms with van der Waals surface area (Å²) in [4.78, 5) is 40.4. The highest BCUT2D eigenvalue weighted by Crippen LogP contribution is 2.18. The van der Waals surface area contributed by atoms with E-state index in [1.54, 1.807) is 34.1 Å². The lowest BCUT2D eigenvalue weighted by atomic mass is 10.1. The first-order valence-corrected chi connectivity index (χ1v) is 9.81. The summed E-state index contributed by atoms with van der Waals surface area (Å²) in [6.45, 7) is 2.64. The molecule has 156 valence electrons. The lowest BCUT2D eigenvalue weighted by molar-refractivity contribution is -0.130. The van der Waals surface area contributed by atoms with Crippen LogP contribution in [0.3, 0.4) is 0 Å². The van der Waals surface area contributed by atoms with Gasteiger partial charge in [0.2, 0.25) is 5.91 Å². The summed E-state index contributed by atoms with van der Waals surface area (Å²) in [5.74, 6) is -1.32. The third kappa shape index (κ3) is 5.24. The van der Waals surface area contributed by atoms with Gasteiger partial charge in [-0.1, -0.05) is 35.9 Å². The minimum absolute atomic E-state index is 0.0972. The van der Waals surface area contributed by atoms with Gasteiger partial charge >= 0.3 is 0 Å². The smallest absolute Gasteiger partial charge is 0.270 e. The predicted molar refractivity (Wildman–Crippen MR) is 112 cm³/mol. The molecule has 1 N–H and O–H groups in total. The first kappa shape index (κ1) is 21.5. The number of rotatable bonds is 4. The van der Waals surface area contributed by atoms with Crippen LogP contribution in [0.15, 0.2) is 54.2 Å². The monoisotopic (exact) mass is 429 g/mol. The van der Waals surface area contributed by atoms with Gasteiger partial charge in [-0.05, 0) is 35.9 Å². The highest BCUT2D eigenvalue weighted by molar-refractivity contribution is 6.33. The van der Waals surface area contributed by atoms with Crippen molar-refractivity contribution in [2.45, 2.75) is 6.92 Å². The quantitative estimate of drug-likeness (QED) is 0.760. The van der Waals surface area contributed by atoms with Crippen LogP contribution in [0.2, 0.25) is 5.02 Å². The van der Waals surface area contributed by atoms with Gasteiger partial charge in [0.25, 0.3) is 11.8 Å². The molecule has 0 aromatic heterocycles. The third-order valence-corrected chi connectivity index (χ3v) is 5.01. The average Bonchev–Trinajstić information content (AvgIpc) is 2.74. The largest absolute Gasteiger partial charge is 0.335 e. The van der Waals surface area contributed by atoms with Gasteiger partial charge in [-0.2, -0.15) is 0 Å². The number of hydrogen-bond donors (Lipinski definition) is 1. The Balaban J connectivity index is 1.70. The van der Waals surface area contributed by atoms with E-state index in [1.807, 2.05) is 0 Å². The second-order valence-electron chi connectivity index (χ2n) is 6.85. The minimum atomic E-state index is -0.390. The summed E-state index contributed by atoms with van der Waals surface area (Å²) >= 11 is 6.11. The summed E-state index contributed by atoms with van der Waals surface area (Å²) in [7, 11) is 0. The summed E-state index contributed by atoms with van der Waals surface area (Å²) in [5, 5.41) is 2.93. The molecule has 2 aromatic rings. The number of carbonyl (C=O) groups is 3. The standard InChI is InChI=1S/C22H21ClFN3O3/c1-15(28)25-20(14-16-6-8-17(24)9-7-16)22(30)27-12-10-26(11-13-27)21(29)18-4-2-3-5-19(18)23/h2-9,14H,10-13H2,1H3,(H,25,28)/b20-14-. The van der Waals surface area contributed by atoms with E-state index in [9.17, 15) is 18.8 Å². The molecule has 1 aliphatic heterocycles. The van der Waals surface area contributed by atoms with Crippen molar-refractivity contribution >= 4 is 35.4 Å². The van der Waals surface area contributed by atoms with Crippen LogP contribution in [0.1, 0.15) is 22.8 Å². The van der Waals surface area contributed by atoms with Crippen molar-refractivity contribution in [2.24, 2.45) is 0 Å². The van der Waals surface area contributed by atoms with Crippen molar-refractivity contribution in [1.29, 1.82) is 0 Å². The van der Waals surface area contributed by atoms with E-state index in [0.29, 0.717) is 42.3 Å². The Bertz CT molecular complexity index is 983. The Kier molecular flexibility index (Phi) is 6.84. The average molecular weight is 430 g/mol. The molecule has 0 bridgehead atoms. The second kappa shape index (κ2) is 9.54. The van der Waals surface area contributed by atoms with E-state index >= 15 is 0 Å². The molecule has 6 nitrogen and oxygen atoms in total. The van der Waals surface area contributed by atoms with Crippen LogP contribution in [0.25, 0.3) is 6.08 Å². The molecule has 1 fully saturated rings. The second-order valence-corrected chi connectivity index (χ2v) is 7.26. The van der Waals surface area contributed by atoms with Gasteiger partial charge in [0.05, 0.1) is 10.6 Å². The molecule has 0 unspecified atom stereocenters. The summed E-state index contributed by atoms with van der Waals surface area (Å²) in [5.41, 5.74) is 1.11. The molecule has 2 aromatic carbocycles. The van der Waals surface area contributed by atoms with E-state index in [-0.39, 0.29) is 29.2 Å². The first-order chi connectivity index (χ1) is 14.3. The van der Waals surface area contributed by atoms with Gasteiger partial charge in [0, 0.05) is 33.1 Å². The van der Waals surface area contributed by atoms with Crippen LogP contribution in [-0.4, -0.2) is 53.7 Å². The minimum Gasteiger partial charge on any atom is -0.335 e. The number of benzene rings is 2. The van der Waals surface area contributed by atoms with Crippen molar-refractivity contribution in [3.63, 3.8) is 0 Å². The van der Waals surface area contributed by atoms with Gasteiger partial charge in [-0.25, -0.2) is 4.39 Å². The SMILES string of the molecule is CC(=O)N/C(=C\c1ccc(F)cc1)C(=O)N1CCN(C(=O)c2ccccc2Cl)CC1. The van der Waals surface area contributed by atoms with Crippen LogP contribution in [0, 0.1) is 5.82 Å². The molecule has 0 spiro atoms. The van der Waals surface area contributed by atoms with E-state index in [2.05, 4.69) is 5.32 Å². The molecule has 8 heteroatoms. The molecule has 30 heavy (non-hydrogen) atoms. The Hall–Kier alpha value is -3.19. The molecule has 1 saturated heterocycles. The van der Waals surface area contributed by atoms with Crippen molar-refractivity contribution in [2.75, 3.05) is 26.2 Å². The first-order valence-electron chi connectivity index (χ1n) is 9.43. The van der Waals surface area contributed by atoms with Crippen LogP contribution in [0.4, 0.5) is 4.39 Å². The van der Waals surface area contributed by atoms with E-state index in [0.717, 1.165) is 0 Å². The predicted octanol–water partition coefficient (Wildman–Crippen LogP) is 2.94. The molecule has 3 rings (SSSR count). The van der Waals surface area contributed by atoms with E-state index in [1.165, 1.54) is 37.3 Å². The van der Waals surface area contributed by atoms with Crippen molar-refractivity contribution in [3.8, 4) is 0 Å². The summed E-state index contributed by atoms with van der Waals surface area (Å²) in [6.07, 6.45) is 1.50. The fraction of sp³-hybridized carbons (Fsp3) is 0.227. The van der Waals surface area contributed by atoms with Crippen LogP contribution in [0.5, 0.6) is 0 Å². The van der Waals surface area contributed by atoms with Crippen molar-refractivity contribution in [1.82, 2.24) is 15.1 Å². The normalized spacial score (nSPS) is 14.4. The maximum Gasteiger partial charge on any atom is 0.270 e. The maximum atomic E-state index is 13.1. The molecule has 3 amide bonds. The Labute approximate surface area is 178 Å². The number of piperazine rings is 1. The number of nitrogens with one attached hydrogen (secondary N) is 1. The topological polar surface area (TPSA) is 69.7 Å². The zero-order chi connectivity index (χ0) is 21.7. The fourth-order valence-electron chi connectivity index (χ4n) is 3.15. The third-order valence-electron chi connectivity index (χ3n) is 4.68. The van der Waals surface area contributed by atoms with Gasteiger partial charge in [0.1, 0.15) is 11.5 Å². The number of halogens is 2. The lowest BCUT2D eigenvalue weighted by Gasteiger charge is -2.35. The van der Waals surface area contributed by atoms with Crippen LogP contribution < -0.4 is 5.32 Å². The van der Waals surface area contributed by atoms with Gasteiger partial charge in [-0.3, -0.25) is 14.4 Å². The van der Waals surface area contributed by atoms with E-state index < -0.39 is 0 Å². The lowest BCUT2D eigenvalue weighted by Crippen LogP contribution is -2.52. The molecular weight excluding hydrogens is 409 g/mol. The molecule has 0 aliphatic carbocycles. The molecule has 1 heterocycles. The van der Waals surface area contributed by atoms with Gasteiger partial charge in [0.15, 0.2) is 0 Å². The molecular formula is C22H21ClFN3O3. The highest BCUT2D eigenvalue weighted by atomic mass is 35.5. The fourth-order valence-corrected chi connectivity index (χ4v) is 3.37. The number of nitrogens with zero attached hydrogens (tertiary/aromatic N) is 2. The Morgan fingerprint density at radius 2 is 1.57 bits per heavy atom. The molecule has 0 saturated carbocycles. The zero-order valence-corrected chi connectivity index (χ0v) is 17.2. The molecule has 1 aliphatic rings. The zero-order valence-electron chi connectivity index (χ0n) is 16.4. The van der Waals surface area contributed by atoms with Crippen LogP contribution >= 0.6 is 11.6 Å². The number of amides is 3. The molecule has 0 radical (unpaired) electrons. The number of carbonyl (C=O) groups excluding carboxylic acids is 3. The van der Waals surface area contributed by atoms with Crippen LogP contribution in [-0.2, 0) is 9.59 Å². The van der Waals surface area contributed by atoms with Gasteiger partial charge in [-0.15, -0.1) is 0 Å². The van der Waals surface area contributed by atoms with Gasteiger partial charge < -0.3 is 15.1 Å². The van der Waals surface area contributed by atoms with Crippen molar-refractivity contribution in [3.05, 3.63) is 76.2 Å². The highest BCUT2D eigenvalue weighted by Gasteiger charge is 2.27. The number of hydrogen-bond acceptors (Lipinski definition) is 3. The summed E-state index contributed by atoms with van der Waals surface area (Å²) in [6, 6.07) is 12.4. The summed E-state index contributed by atoms with van der Waals surface area (Å²) < 4.78 is 13.1. The van der Waals surface area contributed by atoms with E-state index in [4.69, 9.17) is 11.6 Å².